The minimum Gasteiger partial charge on any atom is -0.497 e. The number of para-hydroxylation sites is 1. The number of carbonyl (C=O) groups is 2. The molecule has 210 valence electrons. The lowest BCUT2D eigenvalue weighted by Crippen LogP contribution is -2.45. The van der Waals surface area contributed by atoms with Crippen LogP contribution in [0.4, 0.5) is 0 Å². The Bertz CT molecular complexity index is 1390. The van der Waals surface area contributed by atoms with Gasteiger partial charge in [0.05, 0.1) is 13.7 Å². The number of carbonyl (C=O) groups excluding carboxylic acids is 2. The Hall–Kier alpha value is -3.97. The van der Waals surface area contributed by atoms with Crippen molar-refractivity contribution in [1.82, 2.24) is 14.8 Å². The van der Waals surface area contributed by atoms with Gasteiger partial charge in [0.1, 0.15) is 11.5 Å². The number of aromatic amines is 1. The molecule has 0 fully saturated rings. The van der Waals surface area contributed by atoms with Gasteiger partial charge in [-0.1, -0.05) is 55.3 Å². The number of nitrogens with zero attached hydrogens (tertiary/aromatic N) is 2. The summed E-state index contributed by atoms with van der Waals surface area (Å²) in [4.78, 5) is 33.6. The van der Waals surface area contributed by atoms with Crippen LogP contribution >= 0.6 is 11.6 Å². The van der Waals surface area contributed by atoms with E-state index in [-0.39, 0.29) is 25.0 Å². The topological polar surface area (TPSA) is 74.9 Å². The van der Waals surface area contributed by atoms with Crippen molar-refractivity contribution >= 4 is 34.3 Å². The van der Waals surface area contributed by atoms with Crippen LogP contribution in [0.3, 0.4) is 0 Å². The molecule has 0 bridgehead atoms. The van der Waals surface area contributed by atoms with Gasteiger partial charge in [0.15, 0.2) is 6.61 Å². The maximum atomic E-state index is 13.7. The average molecular weight is 562 g/mol. The number of hydrogen-bond donors (Lipinski definition) is 1. The summed E-state index contributed by atoms with van der Waals surface area (Å²) in [7, 11) is 1.63. The lowest BCUT2D eigenvalue weighted by molar-refractivity contribution is -0.142. The lowest BCUT2D eigenvalue weighted by Gasteiger charge is -2.28. The molecule has 0 aliphatic rings. The van der Waals surface area contributed by atoms with E-state index >= 15 is 0 Å². The van der Waals surface area contributed by atoms with Gasteiger partial charge in [-0.25, -0.2) is 0 Å². The largest absolute Gasteiger partial charge is 0.497 e. The molecule has 2 amide bonds. The van der Waals surface area contributed by atoms with Crippen LogP contribution in [0, 0.1) is 0 Å². The van der Waals surface area contributed by atoms with Gasteiger partial charge < -0.3 is 24.3 Å². The zero-order valence-electron chi connectivity index (χ0n) is 23.1. The number of benzene rings is 3. The molecule has 1 heterocycles. The Kier molecular flexibility index (Phi) is 10.5. The first-order valence-corrected chi connectivity index (χ1v) is 14.0. The van der Waals surface area contributed by atoms with E-state index in [1.807, 2.05) is 53.6 Å². The predicted octanol–water partition coefficient (Wildman–Crippen LogP) is 6.11. The van der Waals surface area contributed by atoms with Gasteiger partial charge in [0, 0.05) is 41.8 Å². The molecule has 7 nitrogen and oxygen atoms in total. The second kappa shape index (κ2) is 14.4. The van der Waals surface area contributed by atoms with Gasteiger partial charge in [-0.3, -0.25) is 9.59 Å². The molecule has 0 aliphatic heterocycles. The molecule has 1 N–H and O–H groups in total. The fourth-order valence-electron chi connectivity index (χ4n) is 4.51. The van der Waals surface area contributed by atoms with Crippen LogP contribution < -0.4 is 9.47 Å². The number of ether oxygens (including phenoxy) is 2. The third-order valence-electron chi connectivity index (χ3n) is 6.85. The number of fused-ring (bicyclic) bond motifs is 1. The Morgan fingerprint density at radius 2 is 1.60 bits per heavy atom. The van der Waals surface area contributed by atoms with Crippen molar-refractivity contribution in [3.63, 3.8) is 0 Å². The summed E-state index contributed by atoms with van der Waals surface area (Å²) in [6, 6.07) is 22.7. The number of methoxy groups -OCH3 is 1. The Morgan fingerprint density at radius 3 is 2.33 bits per heavy atom. The highest BCUT2D eigenvalue weighted by Crippen LogP contribution is 2.20. The number of aromatic nitrogens is 1. The fraction of sp³-hybridized carbons (Fsp3) is 0.312. The van der Waals surface area contributed by atoms with E-state index in [4.69, 9.17) is 21.1 Å². The molecule has 0 atom stereocenters. The third kappa shape index (κ3) is 8.02. The third-order valence-corrected chi connectivity index (χ3v) is 7.10. The Labute approximate surface area is 240 Å². The molecule has 0 saturated heterocycles. The summed E-state index contributed by atoms with van der Waals surface area (Å²) in [6.07, 6.45) is 4.40. The smallest absolute Gasteiger partial charge is 0.260 e. The maximum absolute atomic E-state index is 13.7. The molecule has 1 aromatic heterocycles. The lowest BCUT2D eigenvalue weighted by atomic mass is 10.1. The Balaban J connectivity index is 1.47. The van der Waals surface area contributed by atoms with E-state index < -0.39 is 0 Å². The summed E-state index contributed by atoms with van der Waals surface area (Å²) >= 11 is 5.95. The van der Waals surface area contributed by atoms with Crippen molar-refractivity contribution in [2.45, 2.75) is 32.7 Å². The normalized spacial score (nSPS) is 10.9. The summed E-state index contributed by atoms with van der Waals surface area (Å²) in [5, 5.41) is 1.75. The van der Waals surface area contributed by atoms with Gasteiger partial charge in [-0.05, 0) is 66.4 Å². The van der Waals surface area contributed by atoms with Gasteiger partial charge in [-0.2, -0.15) is 0 Å². The maximum Gasteiger partial charge on any atom is 0.260 e. The standard InChI is InChI=1S/C32H36ClN3O4/c1-3-4-18-35(32(38)23-40-28-15-11-26(33)12-16-28)22-31(37)36(21-24-9-13-27(39-2)14-10-24)19-17-25-20-34-30-8-6-5-7-29(25)30/h5-16,20,34H,3-4,17-19,21-23H2,1-2H3. The first-order valence-electron chi connectivity index (χ1n) is 13.6. The average Bonchev–Trinajstić information content (AvgIpc) is 3.40. The summed E-state index contributed by atoms with van der Waals surface area (Å²) in [6.45, 7) is 3.35. The molecular formula is C32H36ClN3O4. The van der Waals surface area contributed by atoms with E-state index in [9.17, 15) is 9.59 Å². The van der Waals surface area contributed by atoms with E-state index in [2.05, 4.69) is 18.0 Å². The summed E-state index contributed by atoms with van der Waals surface area (Å²) in [5.74, 6) is 0.987. The molecular weight excluding hydrogens is 526 g/mol. The van der Waals surface area contributed by atoms with E-state index in [0.717, 1.165) is 40.6 Å². The van der Waals surface area contributed by atoms with Crippen LogP contribution in [0.2, 0.25) is 5.02 Å². The molecule has 3 aromatic carbocycles. The van der Waals surface area contributed by atoms with Crippen LogP contribution in [0.5, 0.6) is 11.5 Å². The van der Waals surface area contributed by atoms with Crippen molar-refractivity contribution in [2.75, 3.05) is 33.4 Å². The zero-order chi connectivity index (χ0) is 28.3. The number of hydrogen-bond acceptors (Lipinski definition) is 4. The van der Waals surface area contributed by atoms with Crippen molar-refractivity contribution in [1.29, 1.82) is 0 Å². The van der Waals surface area contributed by atoms with Gasteiger partial charge in [0.2, 0.25) is 5.91 Å². The second-order valence-electron chi connectivity index (χ2n) is 9.68. The van der Waals surface area contributed by atoms with Gasteiger partial charge in [-0.15, -0.1) is 0 Å². The number of rotatable bonds is 14. The molecule has 0 spiro atoms. The molecule has 0 unspecified atom stereocenters. The van der Waals surface area contributed by atoms with E-state index in [0.29, 0.717) is 36.8 Å². The number of H-pyrrole nitrogens is 1. The highest BCUT2D eigenvalue weighted by atomic mass is 35.5. The highest BCUT2D eigenvalue weighted by Gasteiger charge is 2.22. The second-order valence-corrected chi connectivity index (χ2v) is 10.1. The van der Waals surface area contributed by atoms with Crippen LogP contribution in [-0.2, 0) is 22.6 Å². The fourth-order valence-corrected chi connectivity index (χ4v) is 4.63. The molecule has 4 aromatic rings. The minimum absolute atomic E-state index is 0.00709. The quantitative estimate of drug-likeness (QED) is 0.202. The summed E-state index contributed by atoms with van der Waals surface area (Å²) in [5.41, 5.74) is 3.21. The summed E-state index contributed by atoms with van der Waals surface area (Å²) < 4.78 is 11.0. The Morgan fingerprint density at radius 1 is 0.875 bits per heavy atom. The minimum atomic E-state index is -0.224. The first kappa shape index (κ1) is 29.0. The van der Waals surface area contributed by atoms with Crippen LogP contribution in [0.25, 0.3) is 10.9 Å². The monoisotopic (exact) mass is 561 g/mol. The molecule has 0 radical (unpaired) electrons. The van der Waals surface area contributed by atoms with E-state index in [1.165, 1.54) is 0 Å². The zero-order valence-corrected chi connectivity index (χ0v) is 23.8. The molecule has 8 heteroatoms. The van der Waals surface area contributed by atoms with Crippen molar-refractivity contribution in [3.8, 4) is 11.5 Å². The highest BCUT2D eigenvalue weighted by molar-refractivity contribution is 6.30. The van der Waals surface area contributed by atoms with Crippen LogP contribution in [0.15, 0.2) is 79.0 Å². The van der Waals surface area contributed by atoms with Crippen LogP contribution in [0.1, 0.15) is 30.9 Å². The van der Waals surface area contributed by atoms with Crippen molar-refractivity contribution in [3.05, 3.63) is 95.1 Å². The van der Waals surface area contributed by atoms with Crippen molar-refractivity contribution < 1.29 is 19.1 Å². The van der Waals surface area contributed by atoms with Gasteiger partial charge >= 0.3 is 0 Å². The SMILES string of the molecule is CCCCN(CC(=O)N(CCc1c[nH]c2ccccc12)Cc1ccc(OC)cc1)C(=O)COc1ccc(Cl)cc1. The molecule has 40 heavy (non-hydrogen) atoms. The number of amides is 2. The number of unbranched alkanes of at least 4 members (excludes halogenated alkanes) is 1. The number of nitrogens with one attached hydrogen (secondary N) is 1. The van der Waals surface area contributed by atoms with Crippen LogP contribution in [-0.4, -0.2) is 59.9 Å². The number of halogens is 1. The van der Waals surface area contributed by atoms with E-state index in [1.54, 1.807) is 36.3 Å². The molecule has 4 rings (SSSR count). The first-order chi connectivity index (χ1) is 19.5. The van der Waals surface area contributed by atoms with Crippen molar-refractivity contribution in [2.24, 2.45) is 0 Å². The molecule has 0 aliphatic carbocycles. The molecule has 0 saturated carbocycles. The van der Waals surface area contributed by atoms with Gasteiger partial charge in [0.25, 0.3) is 5.91 Å². The predicted molar refractivity (Wildman–Crippen MR) is 159 cm³/mol.